The van der Waals surface area contributed by atoms with Crippen LogP contribution in [0.1, 0.15) is 21.9 Å². The van der Waals surface area contributed by atoms with E-state index >= 15 is 0 Å². The summed E-state index contributed by atoms with van der Waals surface area (Å²) in [6.07, 6.45) is 0. The second kappa shape index (κ2) is 6.77. The van der Waals surface area contributed by atoms with Crippen molar-refractivity contribution in [3.05, 3.63) is 53.5 Å². The molecule has 5 heteroatoms. The van der Waals surface area contributed by atoms with Crippen LogP contribution in [-0.2, 0) is 6.54 Å². The van der Waals surface area contributed by atoms with Crippen LogP contribution in [0.4, 0.5) is 0 Å². The molecule has 0 aliphatic heterocycles. The Balaban J connectivity index is 1.71. The van der Waals surface area contributed by atoms with Gasteiger partial charge in [-0.15, -0.1) is 0 Å². The molecule has 0 amide bonds. The summed E-state index contributed by atoms with van der Waals surface area (Å²) >= 11 is 0. The molecule has 0 unspecified atom stereocenters. The third kappa shape index (κ3) is 3.86. The zero-order valence-electron chi connectivity index (χ0n) is 11.3. The smallest absolute Gasteiger partial charge is 0.372 e. The molecule has 1 aromatic carbocycles. The van der Waals surface area contributed by atoms with E-state index in [1.165, 1.54) is 0 Å². The Morgan fingerprint density at radius 3 is 2.75 bits per heavy atom. The fraction of sp³-hybridized carbons (Fsp3) is 0.267. The van der Waals surface area contributed by atoms with Crippen LogP contribution in [0, 0.1) is 6.92 Å². The van der Waals surface area contributed by atoms with Crippen LogP contribution < -0.4 is 10.1 Å². The van der Waals surface area contributed by atoms with Crippen LogP contribution in [-0.4, -0.2) is 24.2 Å². The third-order valence-corrected chi connectivity index (χ3v) is 2.75. The van der Waals surface area contributed by atoms with Crippen LogP contribution >= 0.6 is 0 Å². The largest absolute Gasteiger partial charge is 0.492 e. The Morgan fingerprint density at radius 2 is 2.10 bits per heavy atom. The van der Waals surface area contributed by atoms with Gasteiger partial charge < -0.3 is 19.6 Å². The summed E-state index contributed by atoms with van der Waals surface area (Å²) in [5, 5.41) is 12.0. The van der Waals surface area contributed by atoms with Crippen molar-refractivity contribution in [2.75, 3.05) is 13.2 Å². The van der Waals surface area contributed by atoms with Gasteiger partial charge in [-0.3, -0.25) is 0 Å². The lowest BCUT2D eigenvalue weighted by Gasteiger charge is -2.06. The number of aryl methyl sites for hydroxylation is 1. The lowest BCUT2D eigenvalue weighted by molar-refractivity contribution is 0.0659. The number of furan rings is 1. The monoisotopic (exact) mass is 275 g/mol. The number of hydrogen-bond acceptors (Lipinski definition) is 4. The summed E-state index contributed by atoms with van der Waals surface area (Å²) < 4.78 is 10.8. The Morgan fingerprint density at radius 1 is 1.35 bits per heavy atom. The molecule has 2 N–H and O–H groups in total. The molecule has 0 fully saturated rings. The Bertz CT molecular complexity index is 563. The maximum absolute atomic E-state index is 10.8. The van der Waals surface area contributed by atoms with Gasteiger partial charge in [0.15, 0.2) is 0 Å². The molecule has 2 rings (SSSR count). The minimum absolute atomic E-state index is 0.00216. The number of carboxylic acid groups (broad SMARTS) is 1. The molecule has 0 aliphatic rings. The molecule has 0 radical (unpaired) electrons. The number of carbonyl (C=O) groups is 1. The highest BCUT2D eigenvalue weighted by Gasteiger charge is 2.13. The number of hydrogen-bond donors (Lipinski definition) is 2. The van der Waals surface area contributed by atoms with Crippen LogP contribution in [0.15, 0.2) is 40.8 Å². The van der Waals surface area contributed by atoms with Gasteiger partial charge in [-0.25, -0.2) is 4.79 Å². The highest BCUT2D eigenvalue weighted by atomic mass is 16.5. The SMILES string of the molecule is Cc1cc(CNCCOc2ccccc2)oc1C(=O)O. The summed E-state index contributed by atoms with van der Waals surface area (Å²) in [6, 6.07) is 11.3. The average Bonchev–Trinajstić information content (AvgIpc) is 2.81. The van der Waals surface area contributed by atoms with Gasteiger partial charge >= 0.3 is 5.97 Å². The summed E-state index contributed by atoms with van der Waals surface area (Å²) in [5.74, 6) is 0.402. The molecule has 0 spiro atoms. The molecule has 0 saturated carbocycles. The number of ether oxygens (including phenoxy) is 1. The first-order valence-electron chi connectivity index (χ1n) is 6.38. The predicted molar refractivity (Wildman–Crippen MR) is 74.0 cm³/mol. The highest BCUT2D eigenvalue weighted by Crippen LogP contribution is 2.14. The number of benzene rings is 1. The second-order valence-electron chi connectivity index (χ2n) is 4.37. The number of rotatable bonds is 7. The molecule has 20 heavy (non-hydrogen) atoms. The van der Waals surface area contributed by atoms with Crippen molar-refractivity contribution in [1.29, 1.82) is 0 Å². The highest BCUT2D eigenvalue weighted by molar-refractivity contribution is 5.86. The normalized spacial score (nSPS) is 10.4. The standard InChI is InChI=1S/C15H17NO4/c1-11-9-13(20-14(11)15(17)18)10-16-7-8-19-12-5-3-2-4-6-12/h2-6,9,16H,7-8,10H2,1H3,(H,17,18). The fourth-order valence-corrected chi connectivity index (χ4v) is 1.82. The zero-order chi connectivity index (χ0) is 14.4. The second-order valence-corrected chi connectivity index (χ2v) is 4.37. The van der Waals surface area contributed by atoms with Crippen molar-refractivity contribution in [3.63, 3.8) is 0 Å². The average molecular weight is 275 g/mol. The minimum Gasteiger partial charge on any atom is -0.492 e. The number of aromatic carboxylic acids is 1. The Hall–Kier alpha value is -2.27. The Kier molecular flexibility index (Phi) is 4.79. The first-order chi connectivity index (χ1) is 9.66. The van der Waals surface area contributed by atoms with Crippen LogP contribution in [0.3, 0.4) is 0 Å². The summed E-state index contributed by atoms with van der Waals surface area (Å²) in [4.78, 5) is 10.8. The third-order valence-electron chi connectivity index (χ3n) is 2.75. The van der Waals surface area contributed by atoms with Crippen molar-refractivity contribution in [2.45, 2.75) is 13.5 Å². The van der Waals surface area contributed by atoms with E-state index in [2.05, 4.69) is 5.32 Å². The van der Waals surface area contributed by atoms with Gasteiger partial charge in [0.2, 0.25) is 5.76 Å². The van der Waals surface area contributed by atoms with Crippen LogP contribution in [0.5, 0.6) is 5.75 Å². The molecule has 0 saturated heterocycles. The van der Waals surface area contributed by atoms with E-state index < -0.39 is 5.97 Å². The molecule has 0 atom stereocenters. The topological polar surface area (TPSA) is 71.7 Å². The predicted octanol–water partition coefficient (Wildman–Crippen LogP) is 2.45. The quantitative estimate of drug-likeness (QED) is 0.759. The summed E-state index contributed by atoms with van der Waals surface area (Å²) in [6.45, 7) is 3.38. The van der Waals surface area contributed by atoms with Gasteiger partial charge in [-0.05, 0) is 25.1 Å². The first-order valence-corrected chi connectivity index (χ1v) is 6.38. The summed E-state index contributed by atoms with van der Waals surface area (Å²) in [7, 11) is 0. The van der Waals surface area contributed by atoms with Crippen molar-refractivity contribution in [3.8, 4) is 5.75 Å². The fourth-order valence-electron chi connectivity index (χ4n) is 1.82. The zero-order valence-corrected chi connectivity index (χ0v) is 11.3. The van der Waals surface area contributed by atoms with Gasteiger partial charge in [0, 0.05) is 12.1 Å². The van der Waals surface area contributed by atoms with Gasteiger partial charge in [-0.1, -0.05) is 18.2 Å². The molecule has 2 aromatic rings. The summed E-state index contributed by atoms with van der Waals surface area (Å²) in [5.41, 5.74) is 0.634. The Labute approximate surface area is 117 Å². The van der Waals surface area contributed by atoms with E-state index in [4.69, 9.17) is 14.3 Å². The van der Waals surface area contributed by atoms with E-state index in [-0.39, 0.29) is 5.76 Å². The minimum atomic E-state index is -1.04. The molecule has 1 heterocycles. The van der Waals surface area contributed by atoms with Crippen molar-refractivity contribution >= 4 is 5.97 Å². The maximum atomic E-state index is 10.8. The van der Waals surface area contributed by atoms with E-state index in [0.29, 0.717) is 31.0 Å². The van der Waals surface area contributed by atoms with Crippen LogP contribution in [0.2, 0.25) is 0 Å². The number of carboxylic acids is 1. The van der Waals surface area contributed by atoms with Crippen molar-refractivity contribution in [1.82, 2.24) is 5.32 Å². The van der Waals surface area contributed by atoms with Gasteiger partial charge in [0.1, 0.15) is 18.1 Å². The molecule has 0 bridgehead atoms. The van der Waals surface area contributed by atoms with E-state index in [9.17, 15) is 4.79 Å². The van der Waals surface area contributed by atoms with E-state index in [1.807, 2.05) is 30.3 Å². The molecular weight excluding hydrogens is 258 g/mol. The van der Waals surface area contributed by atoms with Crippen LogP contribution in [0.25, 0.3) is 0 Å². The molecule has 5 nitrogen and oxygen atoms in total. The van der Waals surface area contributed by atoms with Gasteiger partial charge in [0.25, 0.3) is 0 Å². The molecular formula is C15H17NO4. The molecule has 1 aromatic heterocycles. The van der Waals surface area contributed by atoms with Gasteiger partial charge in [0.05, 0.1) is 6.54 Å². The van der Waals surface area contributed by atoms with E-state index in [1.54, 1.807) is 13.0 Å². The van der Waals surface area contributed by atoms with Gasteiger partial charge in [-0.2, -0.15) is 0 Å². The maximum Gasteiger partial charge on any atom is 0.372 e. The first kappa shape index (κ1) is 14.1. The lowest BCUT2D eigenvalue weighted by Crippen LogP contribution is -2.20. The number of para-hydroxylation sites is 1. The van der Waals surface area contributed by atoms with Crippen molar-refractivity contribution < 1.29 is 19.1 Å². The number of nitrogens with one attached hydrogen (secondary N) is 1. The lowest BCUT2D eigenvalue weighted by atomic mass is 10.2. The molecule has 106 valence electrons. The van der Waals surface area contributed by atoms with E-state index in [0.717, 1.165) is 5.75 Å². The van der Waals surface area contributed by atoms with Crippen molar-refractivity contribution in [2.24, 2.45) is 0 Å². The molecule has 0 aliphatic carbocycles.